The predicted octanol–water partition coefficient (Wildman–Crippen LogP) is 2.68. The fraction of sp³-hybridized carbons (Fsp3) is 0.133. The lowest BCUT2D eigenvalue weighted by atomic mass is 10.3. The Morgan fingerprint density at radius 2 is 1.86 bits per heavy atom. The van der Waals surface area contributed by atoms with Crippen LogP contribution in [0.3, 0.4) is 0 Å². The lowest BCUT2D eigenvalue weighted by molar-refractivity contribution is -0.121. The van der Waals surface area contributed by atoms with E-state index in [-0.39, 0.29) is 18.0 Å². The Kier molecular flexibility index (Phi) is 6.24. The number of carbonyl (C=O) groups is 2. The number of benzene rings is 1. The summed E-state index contributed by atoms with van der Waals surface area (Å²) in [4.78, 5) is 28.2. The number of pyridine rings is 1. The standard InChI is InChI=1S/C15H14ClN3O2S/c16-11-4-6-12(7-5-11)22-10-8-14(20)18-19-15(21)13-3-1-2-9-17-13/h1-7,9H,8,10H2,(H,18,20)(H,19,21). The number of hydrogen-bond donors (Lipinski definition) is 2. The second-order valence-corrected chi connectivity index (χ2v) is 5.87. The Balaban J connectivity index is 1.68. The van der Waals surface area contributed by atoms with Crippen molar-refractivity contribution in [2.75, 3.05) is 5.75 Å². The van der Waals surface area contributed by atoms with Crippen LogP contribution in [0.4, 0.5) is 0 Å². The molecule has 2 N–H and O–H groups in total. The van der Waals surface area contributed by atoms with Crippen LogP contribution in [0, 0.1) is 0 Å². The van der Waals surface area contributed by atoms with Crippen molar-refractivity contribution in [1.29, 1.82) is 0 Å². The van der Waals surface area contributed by atoms with Crippen molar-refractivity contribution in [3.63, 3.8) is 0 Å². The summed E-state index contributed by atoms with van der Waals surface area (Å²) in [6.07, 6.45) is 1.80. The zero-order valence-corrected chi connectivity index (χ0v) is 13.2. The SMILES string of the molecule is O=C(CCSc1ccc(Cl)cc1)NNC(=O)c1ccccn1. The largest absolute Gasteiger partial charge is 0.288 e. The minimum absolute atomic E-state index is 0.248. The topological polar surface area (TPSA) is 71.1 Å². The molecule has 0 aliphatic heterocycles. The third kappa shape index (κ3) is 5.38. The number of halogens is 1. The highest BCUT2D eigenvalue weighted by atomic mass is 35.5. The van der Waals surface area contributed by atoms with Crippen molar-refractivity contribution >= 4 is 35.2 Å². The zero-order chi connectivity index (χ0) is 15.8. The fourth-order valence-electron chi connectivity index (χ4n) is 1.54. The third-order valence-corrected chi connectivity index (χ3v) is 3.89. The summed E-state index contributed by atoms with van der Waals surface area (Å²) < 4.78 is 0. The average molecular weight is 336 g/mol. The van der Waals surface area contributed by atoms with Gasteiger partial charge in [-0.2, -0.15) is 0 Å². The number of hydrazine groups is 1. The zero-order valence-electron chi connectivity index (χ0n) is 11.6. The predicted molar refractivity (Wildman–Crippen MR) is 86.6 cm³/mol. The van der Waals surface area contributed by atoms with Crippen LogP contribution in [0.5, 0.6) is 0 Å². The molecule has 7 heteroatoms. The summed E-state index contributed by atoms with van der Waals surface area (Å²) in [5.41, 5.74) is 4.94. The van der Waals surface area contributed by atoms with Gasteiger partial charge in [-0.15, -0.1) is 11.8 Å². The number of amides is 2. The van der Waals surface area contributed by atoms with Gasteiger partial charge in [0.2, 0.25) is 5.91 Å². The Morgan fingerprint density at radius 1 is 1.09 bits per heavy atom. The molecule has 0 unspecified atom stereocenters. The molecule has 1 aromatic carbocycles. The first-order chi connectivity index (χ1) is 10.6. The van der Waals surface area contributed by atoms with Gasteiger partial charge in [0, 0.05) is 28.3 Å². The Morgan fingerprint density at radius 3 is 2.55 bits per heavy atom. The van der Waals surface area contributed by atoms with Gasteiger partial charge in [0.15, 0.2) is 0 Å². The second-order valence-electron chi connectivity index (χ2n) is 4.27. The number of rotatable bonds is 5. The van der Waals surface area contributed by atoms with Crippen molar-refractivity contribution in [3.8, 4) is 0 Å². The van der Waals surface area contributed by atoms with E-state index in [9.17, 15) is 9.59 Å². The smallest absolute Gasteiger partial charge is 0.273 e. The molecule has 0 fully saturated rings. The van der Waals surface area contributed by atoms with E-state index < -0.39 is 5.91 Å². The van der Waals surface area contributed by atoms with Gasteiger partial charge in [-0.1, -0.05) is 17.7 Å². The molecule has 1 aromatic heterocycles. The lowest BCUT2D eigenvalue weighted by Gasteiger charge is -2.06. The highest BCUT2D eigenvalue weighted by Crippen LogP contribution is 2.20. The van der Waals surface area contributed by atoms with E-state index in [0.29, 0.717) is 10.8 Å². The van der Waals surface area contributed by atoms with Gasteiger partial charge in [-0.05, 0) is 36.4 Å². The van der Waals surface area contributed by atoms with Crippen LogP contribution in [-0.2, 0) is 4.79 Å². The van der Waals surface area contributed by atoms with Crippen molar-refractivity contribution in [1.82, 2.24) is 15.8 Å². The number of aromatic nitrogens is 1. The van der Waals surface area contributed by atoms with Gasteiger partial charge in [0.1, 0.15) is 5.69 Å². The van der Waals surface area contributed by atoms with Crippen LogP contribution in [0.2, 0.25) is 5.02 Å². The molecule has 2 amide bonds. The van der Waals surface area contributed by atoms with E-state index in [1.54, 1.807) is 42.1 Å². The van der Waals surface area contributed by atoms with Gasteiger partial charge >= 0.3 is 0 Å². The molecule has 0 saturated carbocycles. The van der Waals surface area contributed by atoms with Crippen LogP contribution in [-0.4, -0.2) is 22.6 Å². The van der Waals surface area contributed by atoms with E-state index in [2.05, 4.69) is 15.8 Å². The molecule has 2 rings (SSSR count). The van der Waals surface area contributed by atoms with Crippen molar-refractivity contribution < 1.29 is 9.59 Å². The van der Waals surface area contributed by atoms with Crippen molar-refractivity contribution in [2.45, 2.75) is 11.3 Å². The number of hydrogen-bond acceptors (Lipinski definition) is 4. The third-order valence-electron chi connectivity index (χ3n) is 2.62. The first-order valence-corrected chi connectivity index (χ1v) is 7.90. The quantitative estimate of drug-likeness (QED) is 0.651. The first-order valence-electron chi connectivity index (χ1n) is 6.54. The second kappa shape index (κ2) is 8.41. The summed E-state index contributed by atoms with van der Waals surface area (Å²) in [6, 6.07) is 12.4. The monoisotopic (exact) mass is 335 g/mol. The molecule has 22 heavy (non-hydrogen) atoms. The van der Waals surface area contributed by atoms with Crippen molar-refractivity contribution in [3.05, 3.63) is 59.4 Å². The number of carbonyl (C=O) groups excluding carboxylic acids is 2. The van der Waals surface area contributed by atoms with E-state index >= 15 is 0 Å². The first kappa shape index (κ1) is 16.3. The highest BCUT2D eigenvalue weighted by molar-refractivity contribution is 7.99. The van der Waals surface area contributed by atoms with Gasteiger partial charge in [0.05, 0.1) is 0 Å². The fourth-order valence-corrected chi connectivity index (χ4v) is 2.52. The maximum atomic E-state index is 11.7. The van der Waals surface area contributed by atoms with E-state index in [4.69, 9.17) is 11.6 Å². The Labute approximate surface area is 137 Å². The normalized spacial score (nSPS) is 10.0. The molecule has 114 valence electrons. The Hall–Kier alpha value is -2.05. The molecule has 0 saturated heterocycles. The summed E-state index contributed by atoms with van der Waals surface area (Å²) in [7, 11) is 0. The van der Waals surface area contributed by atoms with Crippen LogP contribution in [0.1, 0.15) is 16.9 Å². The average Bonchev–Trinajstić information content (AvgIpc) is 2.55. The van der Waals surface area contributed by atoms with Gasteiger partial charge in [-0.25, -0.2) is 0 Å². The van der Waals surface area contributed by atoms with Crippen LogP contribution in [0.15, 0.2) is 53.6 Å². The summed E-state index contributed by atoms with van der Waals surface area (Å²) in [5, 5.41) is 0.680. The van der Waals surface area contributed by atoms with Gasteiger partial charge in [0.25, 0.3) is 5.91 Å². The maximum absolute atomic E-state index is 11.7. The molecular formula is C15H14ClN3O2S. The van der Waals surface area contributed by atoms with E-state index in [0.717, 1.165) is 4.90 Å². The summed E-state index contributed by atoms with van der Waals surface area (Å²) in [5.74, 6) is -0.0996. The molecule has 0 aliphatic rings. The highest BCUT2D eigenvalue weighted by Gasteiger charge is 2.07. The minimum atomic E-state index is -0.445. The van der Waals surface area contributed by atoms with Crippen molar-refractivity contribution in [2.24, 2.45) is 0 Å². The van der Waals surface area contributed by atoms with E-state index in [1.165, 1.54) is 6.20 Å². The van der Waals surface area contributed by atoms with Crippen LogP contribution < -0.4 is 10.9 Å². The minimum Gasteiger partial charge on any atom is -0.273 e. The summed E-state index contributed by atoms with van der Waals surface area (Å²) >= 11 is 7.34. The van der Waals surface area contributed by atoms with Gasteiger partial charge in [-0.3, -0.25) is 25.4 Å². The molecular weight excluding hydrogens is 322 g/mol. The number of thioether (sulfide) groups is 1. The molecule has 1 heterocycles. The molecule has 0 radical (unpaired) electrons. The van der Waals surface area contributed by atoms with Gasteiger partial charge < -0.3 is 0 Å². The molecule has 0 atom stereocenters. The lowest BCUT2D eigenvalue weighted by Crippen LogP contribution is -2.42. The Bertz CT molecular complexity index is 635. The number of nitrogens with one attached hydrogen (secondary N) is 2. The molecule has 0 bridgehead atoms. The molecule has 5 nitrogen and oxygen atoms in total. The van der Waals surface area contributed by atoms with E-state index in [1.807, 2.05) is 12.1 Å². The molecule has 0 aliphatic carbocycles. The molecule has 0 spiro atoms. The van der Waals surface area contributed by atoms with Crippen LogP contribution in [0.25, 0.3) is 0 Å². The number of nitrogens with zero attached hydrogens (tertiary/aromatic N) is 1. The molecule has 2 aromatic rings. The summed E-state index contributed by atoms with van der Waals surface area (Å²) in [6.45, 7) is 0. The maximum Gasteiger partial charge on any atom is 0.288 e. The van der Waals surface area contributed by atoms with Crippen LogP contribution >= 0.6 is 23.4 Å².